The molecule has 0 unspecified atom stereocenters. The maximum absolute atomic E-state index is 6.79. The fourth-order valence-corrected chi connectivity index (χ4v) is 5.06. The molecule has 172 valence electrons. The van der Waals surface area contributed by atoms with Crippen LogP contribution < -0.4 is 0 Å². The molecule has 0 radical (unpaired) electrons. The van der Waals surface area contributed by atoms with E-state index in [1.54, 1.807) is 0 Å². The second kappa shape index (κ2) is 14.9. The monoisotopic (exact) mass is 406 g/mol. The number of rotatable bonds is 22. The van der Waals surface area contributed by atoms with Gasteiger partial charge in [0.05, 0.1) is 11.2 Å². The van der Waals surface area contributed by atoms with Gasteiger partial charge >= 0.3 is 0 Å². The topological polar surface area (TPSA) is 9.23 Å². The van der Waals surface area contributed by atoms with Gasteiger partial charge in [0.1, 0.15) is 0 Å². The molecule has 2 rings (SSSR count). The molecule has 0 aliphatic heterocycles. The Morgan fingerprint density at radius 1 is 0.414 bits per heavy atom. The molecule has 0 heterocycles. The lowest BCUT2D eigenvalue weighted by Gasteiger charge is -2.25. The molecule has 1 nitrogen and oxygen atoms in total. The molecule has 0 aromatic heterocycles. The fourth-order valence-electron chi connectivity index (χ4n) is 5.06. The zero-order valence-electron chi connectivity index (χ0n) is 20.4. The highest BCUT2D eigenvalue weighted by molar-refractivity contribution is 5.04. The predicted octanol–water partition coefficient (Wildman–Crippen LogP) is 9.91. The SMILES string of the molecule is CCCCCCCCCCCC1(OC2(CCCCCCCCCCC)CC2)CC1. The lowest BCUT2D eigenvalue weighted by Crippen LogP contribution is -2.25. The van der Waals surface area contributed by atoms with Crippen LogP contribution in [0.5, 0.6) is 0 Å². The second-order valence-corrected chi connectivity index (χ2v) is 10.6. The van der Waals surface area contributed by atoms with Gasteiger partial charge in [0, 0.05) is 0 Å². The summed E-state index contributed by atoms with van der Waals surface area (Å²) in [6, 6.07) is 0. The van der Waals surface area contributed by atoms with Crippen LogP contribution in [0, 0.1) is 0 Å². The van der Waals surface area contributed by atoms with Crippen LogP contribution in [-0.2, 0) is 4.74 Å². The van der Waals surface area contributed by atoms with E-state index in [9.17, 15) is 0 Å². The van der Waals surface area contributed by atoms with Crippen LogP contribution in [0.3, 0.4) is 0 Å². The summed E-state index contributed by atoms with van der Waals surface area (Å²) in [6.07, 6.45) is 33.9. The van der Waals surface area contributed by atoms with Crippen molar-refractivity contribution in [2.75, 3.05) is 0 Å². The first-order chi connectivity index (χ1) is 14.2. The quantitative estimate of drug-likeness (QED) is 0.162. The molecule has 0 spiro atoms. The van der Waals surface area contributed by atoms with Crippen LogP contribution in [0.4, 0.5) is 0 Å². The van der Waals surface area contributed by atoms with Gasteiger partial charge in [-0.2, -0.15) is 0 Å². The van der Waals surface area contributed by atoms with E-state index in [1.165, 1.54) is 154 Å². The van der Waals surface area contributed by atoms with Gasteiger partial charge in [-0.15, -0.1) is 0 Å². The Bertz CT molecular complexity index is 344. The van der Waals surface area contributed by atoms with Crippen LogP contribution in [0.1, 0.15) is 168 Å². The number of hydrogen-bond acceptors (Lipinski definition) is 1. The summed E-state index contributed by atoms with van der Waals surface area (Å²) in [5.74, 6) is 0. The second-order valence-electron chi connectivity index (χ2n) is 10.6. The Labute approximate surface area is 184 Å². The van der Waals surface area contributed by atoms with Crippen molar-refractivity contribution in [2.24, 2.45) is 0 Å². The minimum Gasteiger partial charge on any atom is -0.369 e. The molecule has 0 atom stereocenters. The van der Waals surface area contributed by atoms with E-state index >= 15 is 0 Å². The van der Waals surface area contributed by atoms with Gasteiger partial charge in [-0.3, -0.25) is 0 Å². The molecule has 0 bridgehead atoms. The molecular formula is C28H54O. The Balaban J connectivity index is 1.42. The molecule has 0 aromatic rings. The maximum Gasteiger partial charge on any atom is 0.0692 e. The molecular weight excluding hydrogens is 352 g/mol. The highest BCUT2D eigenvalue weighted by atomic mass is 16.5. The van der Waals surface area contributed by atoms with Crippen LogP contribution in [0.25, 0.3) is 0 Å². The largest absolute Gasteiger partial charge is 0.369 e. The van der Waals surface area contributed by atoms with Gasteiger partial charge in [-0.25, -0.2) is 0 Å². The van der Waals surface area contributed by atoms with Crippen molar-refractivity contribution in [3.63, 3.8) is 0 Å². The maximum atomic E-state index is 6.79. The van der Waals surface area contributed by atoms with Gasteiger partial charge in [0.15, 0.2) is 0 Å². The number of hydrogen-bond donors (Lipinski definition) is 0. The summed E-state index contributed by atoms with van der Waals surface area (Å²) >= 11 is 0. The van der Waals surface area contributed by atoms with Gasteiger partial charge in [0.2, 0.25) is 0 Å². The van der Waals surface area contributed by atoms with Crippen LogP contribution in [-0.4, -0.2) is 11.2 Å². The zero-order valence-corrected chi connectivity index (χ0v) is 20.4. The minimum absolute atomic E-state index is 0.330. The molecule has 2 saturated carbocycles. The average Bonchev–Trinajstić information content (AvgIpc) is 3.65. The Kier molecular flexibility index (Phi) is 12.9. The van der Waals surface area contributed by atoms with E-state index in [0.29, 0.717) is 11.2 Å². The van der Waals surface area contributed by atoms with Crippen LogP contribution in [0.2, 0.25) is 0 Å². The fraction of sp³-hybridized carbons (Fsp3) is 1.00. The third-order valence-corrected chi connectivity index (χ3v) is 7.52. The normalized spacial score (nSPS) is 18.8. The smallest absolute Gasteiger partial charge is 0.0692 e. The Hall–Kier alpha value is -0.0400. The van der Waals surface area contributed by atoms with Gasteiger partial charge < -0.3 is 4.74 Å². The van der Waals surface area contributed by atoms with E-state index in [4.69, 9.17) is 4.74 Å². The van der Waals surface area contributed by atoms with E-state index in [2.05, 4.69) is 13.8 Å². The number of unbranched alkanes of at least 4 members (excludes halogenated alkanes) is 16. The third kappa shape index (κ3) is 11.8. The van der Waals surface area contributed by atoms with Crippen LogP contribution >= 0.6 is 0 Å². The van der Waals surface area contributed by atoms with Gasteiger partial charge in [-0.05, 0) is 38.5 Å². The molecule has 0 aromatic carbocycles. The summed E-state index contributed by atoms with van der Waals surface area (Å²) < 4.78 is 6.79. The average molecular weight is 407 g/mol. The molecule has 0 saturated heterocycles. The number of ether oxygens (including phenoxy) is 1. The lowest BCUT2D eigenvalue weighted by molar-refractivity contribution is -0.0577. The van der Waals surface area contributed by atoms with Crippen molar-refractivity contribution in [2.45, 2.75) is 179 Å². The highest BCUT2D eigenvalue weighted by Gasteiger charge is 2.54. The standard InChI is InChI=1S/C28H54O/c1-3-5-7-9-11-13-15-17-19-21-27(23-24-27)29-28(25-26-28)22-20-18-16-14-12-10-8-6-4-2/h3-26H2,1-2H3. The predicted molar refractivity (Wildman–Crippen MR) is 129 cm³/mol. The summed E-state index contributed by atoms with van der Waals surface area (Å²) in [7, 11) is 0. The first-order valence-electron chi connectivity index (χ1n) is 13.9. The van der Waals surface area contributed by atoms with Crippen molar-refractivity contribution in [3.8, 4) is 0 Å². The van der Waals surface area contributed by atoms with E-state index < -0.39 is 0 Å². The third-order valence-electron chi connectivity index (χ3n) is 7.52. The molecule has 2 aliphatic carbocycles. The van der Waals surface area contributed by atoms with Crippen molar-refractivity contribution < 1.29 is 4.74 Å². The van der Waals surface area contributed by atoms with Crippen molar-refractivity contribution in [1.82, 2.24) is 0 Å². The van der Waals surface area contributed by atoms with E-state index in [0.717, 1.165) is 0 Å². The molecule has 2 fully saturated rings. The minimum atomic E-state index is 0.330. The van der Waals surface area contributed by atoms with Crippen LogP contribution in [0.15, 0.2) is 0 Å². The molecule has 1 heteroatoms. The molecule has 0 amide bonds. The molecule has 29 heavy (non-hydrogen) atoms. The highest BCUT2D eigenvalue weighted by Crippen LogP contribution is 2.55. The molecule has 0 N–H and O–H groups in total. The first kappa shape index (κ1) is 25.2. The Morgan fingerprint density at radius 3 is 0.966 bits per heavy atom. The first-order valence-corrected chi connectivity index (χ1v) is 13.9. The Morgan fingerprint density at radius 2 is 0.690 bits per heavy atom. The summed E-state index contributed by atoms with van der Waals surface area (Å²) in [5.41, 5.74) is 0.661. The summed E-state index contributed by atoms with van der Waals surface area (Å²) in [5, 5.41) is 0. The van der Waals surface area contributed by atoms with Crippen molar-refractivity contribution >= 4 is 0 Å². The summed E-state index contributed by atoms with van der Waals surface area (Å²) in [4.78, 5) is 0. The van der Waals surface area contributed by atoms with Gasteiger partial charge in [0.25, 0.3) is 0 Å². The van der Waals surface area contributed by atoms with E-state index in [-0.39, 0.29) is 0 Å². The van der Waals surface area contributed by atoms with Crippen molar-refractivity contribution in [3.05, 3.63) is 0 Å². The summed E-state index contributed by atoms with van der Waals surface area (Å²) in [6.45, 7) is 4.61. The molecule has 2 aliphatic rings. The zero-order chi connectivity index (χ0) is 20.7. The van der Waals surface area contributed by atoms with E-state index in [1.807, 2.05) is 0 Å². The van der Waals surface area contributed by atoms with Gasteiger partial charge in [-0.1, -0.05) is 129 Å². The lowest BCUT2D eigenvalue weighted by atomic mass is 10.0. The van der Waals surface area contributed by atoms with Crippen molar-refractivity contribution in [1.29, 1.82) is 0 Å².